The number of alkyl halides is 2. The number of phenols is 1. The van der Waals surface area contributed by atoms with Crippen molar-refractivity contribution in [2.24, 2.45) is 5.73 Å². The highest BCUT2D eigenvalue weighted by Gasteiger charge is 2.73. The molecule has 5 rings (SSSR count). The number of carbonyl (C=O) groups excluding carboxylic acids is 3. The molecule has 3 atom stereocenters. The maximum absolute atomic E-state index is 16.8. The van der Waals surface area contributed by atoms with E-state index in [9.17, 15) is 34.8 Å². The molecule has 0 spiro atoms. The molecule has 1 aromatic heterocycles. The Balaban J connectivity index is 1.80. The van der Waals surface area contributed by atoms with Crippen LogP contribution in [0, 0.1) is 0 Å². The number of Topliss-reactive ketones (excluding diaryl/α,β-unsaturated/α-hetero) is 2. The highest BCUT2D eigenvalue weighted by Crippen LogP contribution is 2.59. The predicted molar refractivity (Wildman–Crippen MR) is 134 cm³/mol. The van der Waals surface area contributed by atoms with E-state index in [2.05, 4.69) is 10.1 Å². The zero-order chi connectivity index (χ0) is 29.7. The number of aliphatic hydroxyl groups is 3. The molecule has 6 N–H and O–H groups in total. The lowest BCUT2D eigenvalue weighted by Crippen LogP contribution is -2.70. The number of amides is 1. The van der Waals surface area contributed by atoms with E-state index in [4.69, 9.17) is 10.3 Å². The maximum atomic E-state index is 16.8. The first-order valence-electron chi connectivity index (χ1n) is 12.2. The van der Waals surface area contributed by atoms with Gasteiger partial charge in [-0.05, 0) is 11.6 Å². The fourth-order valence-corrected chi connectivity index (χ4v) is 5.82. The summed E-state index contributed by atoms with van der Waals surface area (Å²) in [5.41, 5.74) is -7.49. The number of hydrogen-bond acceptors (Lipinski definition) is 11. The number of aliphatic hydroxyl groups excluding tert-OH is 2. The highest BCUT2D eigenvalue weighted by molar-refractivity contribution is 6.23. The van der Waals surface area contributed by atoms with Crippen LogP contribution in [-0.4, -0.2) is 79.1 Å². The summed E-state index contributed by atoms with van der Waals surface area (Å²) >= 11 is 0. The summed E-state index contributed by atoms with van der Waals surface area (Å²) in [7, 11) is 3.17. The van der Waals surface area contributed by atoms with E-state index in [1.807, 2.05) is 0 Å². The first-order valence-corrected chi connectivity index (χ1v) is 12.2. The molecule has 40 heavy (non-hydrogen) atoms. The van der Waals surface area contributed by atoms with Gasteiger partial charge in [0.2, 0.25) is 11.4 Å². The van der Waals surface area contributed by atoms with Crippen molar-refractivity contribution in [2.75, 3.05) is 19.0 Å². The average Bonchev–Trinajstić information content (AvgIpc) is 3.31. The number of hydrogen-bond donors (Lipinski definition) is 5. The summed E-state index contributed by atoms with van der Waals surface area (Å²) in [5.74, 6) is -8.12. The van der Waals surface area contributed by atoms with Gasteiger partial charge in [-0.15, -0.1) is 0 Å². The topological polar surface area (TPSA) is 200 Å². The number of ketones is 2. The fraction of sp³-hybridized carbons (Fsp3) is 0.423. The molecule has 2 aromatic rings. The molecule has 0 radical (unpaired) electrons. The van der Waals surface area contributed by atoms with Gasteiger partial charge in [-0.3, -0.25) is 14.4 Å². The number of nitrogens with two attached hydrogens (primary N) is 1. The lowest BCUT2D eigenvalue weighted by molar-refractivity contribution is -0.173. The van der Waals surface area contributed by atoms with E-state index in [-0.39, 0.29) is 28.6 Å². The van der Waals surface area contributed by atoms with Gasteiger partial charge in [0.25, 0.3) is 11.8 Å². The number of aromatic nitrogens is 2. The highest BCUT2D eigenvalue weighted by atomic mass is 19.2. The molecule has 1 amide bonds. The average molecular weight is 561 g/mol. The molecule has 0 bridgehead atoms. The molecule has 0 aliphatic heterocycles. The molecule has 1 aromatic carbocycles. The van der Waals surface area contributed by atoms with Crippen LogP contribution in [0.3, 0.4) is 0 Å². The van der Waals surface area contributed by atoms with Crippen LogP contribution in [0.5, 0.6) is 5.75 Å². The molecular formula is C26H26F2N4O8. The summed E-state index contributed by atoms with van der Waals surface area (Å²) in [5, 5.41) is 48.3. The second kappa shape index (κ2) is 8.34. The van der Waals surface area contributed by atoms with Crippen molar-refractivity contribution in [2.45, 2.75) is 56.0 Å². The fourth-order valence-electron chi connectivity index (χ4n) is 5.82. The van der Waals surface area contributed by atoms with Crippen LogP contribution in [0.1, 0.15) is 49.6 Å². The second-order valence-electron chi connectivity index (χ2n) is 10.9. The number of rotatable bonds is 4. The number of aromatic hydroxyl groups is 1. The summed E-state index contributed by atoms with van der Waals surface area (Å²) in [6.07, 6.45) is -3.44. The number of benzene rings is 1. The molecule has 1 fully saturated rings. The van der Waals surface area contributed by atoms with E-state index in [1.54, 1.807) is 27.9 Å². The van der Waals surface area contributed by atoms with E-state index in [0.29, 0.717) is 5.82 Å². The van der Waals surface area contributed by atoms with Crippen LogP contribution in [0.15, 0.2) is 27.5 Å². The van der Waals surface area contributed by atoms with E-state index in [0.717, 1.165) is 0 Å². The Morgan fingerprint density at radius 1 is 1.18 bits per heavy atom. The van der Waals surface area contributed by atoms with E-state index >= 15 is 8.78 Å². The minimum Gasteiger partial charge on any atom is -0.508 e. The normalized spacial score (nSPS) is 28.0. The molecule has 12 nitrogen and oxygen atoms in total. The van der Waals surface area contributed by atoms with Gasteiger partial charge in [0, 0.05) is 45.0 Å². The molecule has 0 saturated heterocycles. The van der Waals surface area contributed by atoms with Crippen LogP contribution in [0.2, 0.25) is 0 Å². The van der Waals surface area contributed by atoms with Gasteiger partial charge in [-0.1, -0.05) is 19.0 Å². The first-order chi connectivity index (χ1) is 18.5. The lowest BCUT2D eigenvalue weighted by Gasteiger charge is -2.51. The van der Waals surface area contributed by atoms with Crippen molar-refractivity contribution in [3.05, 3.63) is 39.9 Å². The minimum atomic E-state index is -3.61. The Kier molecular flexibility index (Phi) is 5.68. The summed E-state index contributed by atoms with van der Waals surface area (Å²) < 4.78 is 38.4. The summed E-state index contributed by atoms with van der Waals surface area (Å²) in [6, 6.07) is 1.40. The van der Waals surface area contributed by atoms with Crippen LogP contribution in [-0.2, 0) is 20.8 Å². The molecule has 212 valence electrons. The molecule has 0 unspecified atom stereocenters. The minimum absolute atomic E-state index is 0.0137. The third kappa shape index (κ3) is 3.34. The summed E-state index contributed by atoms with van der Waals surface area (Å²) in [4.78, 5) is 43.7. The monoisotopic (exact) mass is 560 g/mol. The van der Waals surface area contributed by atoms with Gasteiger partial charge < -0.3 is 35.6 Å². The summed E-state index contributed by atoms with van der Waals surface area (Å²) in [6.45, 7) is 3.61. The smallest absolute Gasteiger partial charge is 0.261 e. The Morgan fingerprint density at radius 3 is 2.38 bits per heavy atom. The number of primary amides is 1. The number of halogens is 2. The van der Waals surface area contributed by atoms with Gasteiger partial charge >= 0.3 is 0 Å². The maximum Gasteiger partial charge on any atom is 0.261 e. The standard InChI is InChI=1S/C26H26F2N4O8/c1-9(2)22-30-23(40-31-22)10-5-12(32(3)4)11-6-24(27)8-25(28)7-13(33)15(21(29)38)19(36)26(25,39)20(37)16(24)18(35)14(11)17(10)34/h5,9,34-36,39H,6-8H2,1-4H3,(H2,29,38)/t24-,25+,26-/m1/s1. The van der Waals surface area contributed by atoms with Gasteiger partial charge in [-0.2, -0.15) is 4.98 Å². The van der Waals surface area contributed by atoms with Crippen molar-refractivity contribution in [1.82, 2.24) is 10.1 Å². The number of fused-ring (bicyclic) bond motifs is 3. The molecule has 1 heterocycles. The Bertz CT molecular complexity index is 1590. The molecule has 14 heteroatoms. The van der Waals surface area contributed by atoms with Crippen LogP contribution < -0.4 is 10.6 Å². The number of nitrogens with zero attached hydrogens (tertiary/aromatic N) is 3. The first kappa shape index (κ1) is 27.2. The third-order valence-corrected chi connectivity index (χ3v) is 7.74. The molecule has 1 saturated carbocycles. The number of anilines is 1. The van der Waals surface area contributed by atoms with Crippen LogP contribution >= 0.6 is 0 Å². The number of phenolic OH excluding ortho intramolecular Hbond substituents is 1. The molecule has 3 aliphatic carbocycles. The predicted octanol–water partition coefficient (Wildman–Crippen LogP) is 1.85. The van der Waals surface area contributed by atoms with Crippen molar-refractivity contribution in [1.29, 1.82) is 0 Å². The van der Waals surface area contributed by atoms with Crippen molar-refractivity contribution in [3.63, 3.8) is 0 Å². The Labute approximate surface area is 225 Å². The SMILES string of the molecule is CC(C)c1noc(-c2cc(N(C)C)c3c(c2O)C(O)=C2C(=O)[C@]4(O)C(O)=C(C(N)=O)C(=O)C[C@]4(F)C[C@]2(F)C3)n1. The molecular weight excluding hydrogens is 534 g/mol. The second-order valence-corrected chi connectivity index (χ2v) is 10.9. The molecule has 3 aliphatic rings. The van der Waals surface area contributed by atoms with Gasteiger partial charge in [-0.25, -0.2) is 8.78 Å². The van der Waals surface area contributed by atoms with Crippen molar-refractivity contribution < 1.29 is 48.1 Å². The van der Waals surface area contributed by atoms with Crippen molar-refractivity contribution >= 4 is 28.9 Å². The Hall–Kier alpha value is -4.33. The largest absolute Gasteiger partial charge is 0.508 e. The zero-order valence-corrected chi connectivity index (χ0v) is 21.9. The Morgan fingerprint density at radius 2 is 1.82 bits per heavy atom. The van der Waals surface area contributed by atoms with Gasteiger partial charge in [0.05, 0.1) is 16.7 Å². The van der Waals surface area contributed by atoms with Gasteiger partial charge in [0.15, 0.2) is 28.7 Å². The number of carbonyl (C=O) groups is 3. The van der Waals surface area contributed by atoms with Gasteiger partial charge in [0.1, 0.15) is 17.1 Å². The third-order valence-electron chi connectivity index (χ3n) is 7.74. The van der Waals surface area contributed by atoms with Crippen LogP contribution in [0.4, 0.5) is 14.5 Å². The lowest BCUT2D eigenvalue weighted by atomic mass is 9.56. The van der Waals surface area contributed by atoms with E-state index < -0.39 is 87.7 Å². The zero-order valence-electron chi connectivity index (χ0n) is 21.9. The van der Waals surface area contributed by atoms with E-state index in [1.165, 1.54) is 11.0 Å². The quantitative estimate of drug-likeness (QED) is 0.342. The van der Waals surface area contributed by atoms with Crippen molar-refractivity contribution in [3.8, 4) is 17.2 Å². The van der Waals surface area contributed by atoms with Crippen LogP contribution in [0.25, 0.3) is 17.2 Å².